The minimum atomic E-state index is -1.57. The Balaban J connectivity index is 1.93. The molecule has 1 amide bonds. The molecule has 79 heavy (non-hydrogen) atoms. The summed E-state index contributed by atoms with van der Waals surface area (Å²) in [5.74, 6) is -0.172. The summed E-state index contributed by atoms with van der Waals surface area (Å²) in [6.07, 6.45) is 61.8. The maximum atomic E-state index is 13.0. The van der Waals surface area contributed by atoms with Crippen molar-refractivity contribution in [1.82, 2.24) is 5.32 Å². The fourth-order valence-electron chi connectivity index (χ4n) is 10.9. The van der Waals surface area contributed by atoms with Crippen LogP contribution in [0.3, 0.4) is 0 Å². The van der Waals surface area contributed by atoms with Crippen LogP contribution in [0.2, 0.25) is 0 Å². The van der Waals surface area contributed by atoms with Crippen molar-refractivity contribution in [3.63, 3.8) is 0 Å². The fourth-order valence-corrected chi connectivity index (χ4v) is 10.9. The molecule has 0 aromatic carbocycles. The van der Waals surface area contributed by atoms with Gasteiger partial charge in [0.05, 0.1) is 32.0 Å². The quantitative estimate of drug-likeness (QED) is 0.0195. The van der Waals surface area contributed by atoms with Gasteiger partial charge in [0.15, 0.2) is 6.29 Å². The molecule has 466 valence electrons. The Labute approximate surface area is 486 Å². The molecule has 0 aromatic heterocycles. The zero-order valence-corrected chi connectivity index (χ0v) is 51.6. The number of allylic oxidation sites excluding steroid dienone is 3. The summed E-state index contributed by atoms with van der Waals surface area (Å²) in [6.45, 7) is 4.34. The van der Waals surface area contributed by atoms with E-state index in [0.29, 0.717) is 19.4 Å². The molecule has 7 atom stereocenters. The van der Waals surface area contributed by atoms with E-state index in [1.165, 1.54) is 257 Å². The Hall–Kier alpha value is -1.86. The highest BCUT2D eigenvalue weighted by molar-refractivity contribution is 5.76. The van der Waals surface area contributed by atoms with Crippen LogP contribution in [0, 0.1) is 0 Å². The third-order valence-electron chi connectivity index (χ3n) is 16.3. The van der Waals surface area contributed by atoms with Gasteiger partial charge >= 0.3 is 5.97 Å². The molecule has 0 radical (unpaired) electrons. The van der Waals surface area contributed by atoms with Crippen LogP contribution < -0.4 is 5.32 Å². The van der Waals surface area contributed by atoms with Gasteiger partial charge in [0.25, 0.3) is 0 Å². The third kappa shape index (κ3) is 47.2. The van der Waals surface area contributed by atoms with E-state index >= 15 is 0 Å². The molecule has 0 bridgehead atoms. The zero-order valence-electron chi connectivity index (χ0n) is 51.6. The smallest absolute Gasteiger partial charge is 0.305 e. The van der Waals surface area contributed by atoms with Crippen molar-refractivity contribution >= 4 is 11.9 Å². The number of unbranched alkanes of at least 4 members (excludes halogenated alkanes) is 44. The van der Waals surface area contributed by atoms with E-state index in [1.807, 2.05) is 6.08 Å². The second-order valence-corrected chi connectivity index (χ2v) is 23.9. The highest BCUT2D eigenvalue weighted by Gasteiger charge is 2.44. The van der Waals surface area contributed by atoms with Crippen molar-refractivity contribution in [3.8, 4) is 0 Å². The number of esters is 1. The SMILES string of the molecule is CCCCCCCCC/C=C/C(O)C(COC1OC(CO)C(O)C(O)C1O)NC(=O)CCCCCCCCCCCCCCC/C=C\CCCCCCCCCCCCCCOC(=O)CCCCCCCCCCCCCCC. The number of carbonyl (C=O) groups excluding carboxylic acids is 2. The molecule has 0 aliphatic carbocycles. The van der Waals surface area contributed by atoms with Crippen molar-refractivity contribution in [2.75, 3.05) is 19.8 Å². The summed E-state index contributed by atoms with van der Waals surface area (Å²) in [7, 11) is 0. The number of aliphatic hydroxyl groups excluding tert-OH is 5. The normalized spacial score (nSPS) is 18.5. The first-order valence-corrected chi connectivity index (χ1v) is 34.1. The van der Waals surface area contributed by atoms with Crippen LogP contribution in [-0.4, -0.2) is 100 Å². The van der Waals surface area contributed by atoms with Crippen LogP contribution in [0.4, 0.5) is 0 Å². The van der Waals surface area contributed by atoms with Gasteiger partial charge in [-0.25, -0.2) is 0 Å². The summed E-state index contributed by atoms with van der Waals surface area (Å²) in [6, 6.07) is -0.807. The molecule has 1 aliphatic heterocycles. The van der Waals surface area contributed by atoms with Gasteiger partial charge in [-0.15, -0.1) is 0 Å². The maximum absolute atomic E-state index is 13.0. The molecule has 0 spiro atoms. The third-order valence-corrected chi connectivity index (χ3v) is 16.3. The van der Waals surface area contributed by atoms with Gasteiger partial charge in [-0.1, -0.05) is 289 Å². The van der Waals surface area contributed by atoms with Crippen LogP contribution in [0.1, 0.15) is 335 Å². The van der Waals surface area contributed by atoms with Gasteiger partial charge in [0, 0.05) is 12.8 Å². The molecule has 1 aliphatic rings. The predicted molar refractivity (Wildman–Crippen MR) is 329 cm³/mol. The zero-order chi connectivity index (χ0) is 57.3. The van der Waals surface area contributed by atoms with Crippen LogP contribution in [0.15, 0.2) is 24.3 Å². The van der Waals surface area contributed by atoms with E-state index in [4.69, 9.17) is 14.2 Å². The van der Waals surface area contributed by atoms with Crippen molar-refractivity contribution in [3.05, 3.63) is 24.3 Å². The molecule has 0 saturated carbocycles. The number of aliphatic hydroxyl groups is 5. The lowest BCUT2D eigenvalue weighted by atomic mass is 9.99. The van der Waals surface area contributed by atoms with Crippen LogP contribution in [0.25, 0.3) is 0 Å². The van der Waals surface area contributed by atoms with E-state index in [1.54, 1.807) is 6.08 Å². The van der Waals surface area contributed by atoms with Crippen molar-refractivity contribution in [1.29, 1.82) is 0 Å². The highest BCUT2D eigenvalue weighted by Crippen LogP contribution is 2.23. The highest BCUT2D eigenvalue weighted by atomic mass is 16.7. The summed E-state index contributed by atoms with van der Waals surface area (Å²) >= 11 is 0. The van der Waals surface area contributed by atoms with Gasteiger partial charge < -0.3 is 45.1 Å². The molecule has 1 saturated heterocycles. The average molecular weight is 1120 g/mol. The Morgan fingerprint density at radius 1 is 0.456 bits per heavy atom. The van der Waals surface area contributed by atoms with E-state index in [2.05, 4.69) is 31.3 Å². The van der Waals surface area contributed by atoms with Crippen molar-refractivity contribution in [2.45, 2.75) is 378 Å². The molecule has 0 aromatic rings. The van der Waals surface area contributed by atoms with Crippen LogP contribution in [0.5, 0.6) is 0 Å². The van der Waals surface area contributed by atoms with E-state index in [9.17, 15) is 35.1 Å². The van der Waals surface area contributed by atoms with Gasteiger partial charge in [-0.3, -0.25) is 9.59 Å². The molecule has 11 nitrogen and oxygen atoms in total. The second kappa shape index (κ2) is 57.9. The Bertz CT molecular complexity index is 1360. The lowest BCUT2D eigenvalue weighted by Gasteiger charge is -2.40. The van der Waals surface area contributed by atoms with Crippen molar-refractivity contribution < 1.29 is 49.3 Å². The largest absolute Gasteiger partial charge is 0.466 e. The fraction of sp³-hybridized carbons (Fsp3) is 0.912. The lowest BCUT2D eigenvalue weighted by molar-refractivity contribution is -0.302. The number of nitrogens with one attached hydrogen (secondary N) is 1. The number of hydrogen-bond acceptors (Lipinski definition) is 10. The van der Waals surface area contributed by atoms with Gasteiger partial charge in [-0.2, -0.15) is 0 Å². The maximum Gasteiger partial charge on any atom is 0.305 e. The van der Waals surface area contributed by atoms with Crippen LogP contribution >= 0.6 is 0 Å². The molecule has 1 fully saturated rings. The van der Waals surface area contributed by atoms with Gasteiger partial charge in [-0.05, 0) is 57.8 Å². The summed E-state index contributed by atoms with van der Waals surface area (Å²) in [4.78, 5) is 25.1. The summed E-state index contributed by atoms with van der Waals surface area (Å²) in [5.41, 5.74) is 0. The minimum Gasteiger partial charge on any atom is -0.466 e. The summed E-state index contributed by atoms with van der Waals surface area (Å²) < 4.78 is 16.7. The van der Waals surface area contributed by atoms with Crippen LogP contribution in [-0.2, 0) is 23.8 Å². The van der Waals surface area contributed by atoms with Gasteiger partial charge in [0.1, 0.15) is 24.4 Å². The first kappa shape index (κ1) is 75.2. The van der Waals surface area contributed by atoms with Crippen molar-refractivity contribution in [2.24, 2.45) is 0 Å². The first-order valence-electron chi connectivity index (χ1n) is 34.1. The number of carbonyl (C=O) groups is 2. The second-order valence-electron chi connectivity index (χ2n) is 23.9. The van der Waals surface area contributed by atoms with E-state index in [0.717, 1.165) is 51.4 Å². The Morgan fingerprint density at radius 3 is 1.22 bits per heavy atom. The number of ether oxygens (including phenoxy) is 3. The number of rotatable bonds is 60. The van der Waals surface area contributed by atoms with Gasteiger partial charge in [0.2, 0.25) is 5.91 Å². The molecular formula is C68H129NO10. The van der Waals surface area contributed by atoms with E-state index < -0.39 is 49.5 Å². The molecular weight excluding hydrogens is 991 g/mol. The molecule has 6 N–H and O–H groups in total. The standard InChI is InChI=1S/C68H129NO10/c1-3-5-7-9-11-13-14-32-36-40-44-48-52-56-64(73)77-57-53-49-45-41-37-34-31-29-27-25-23-21-19-17-15-16-18-20-22-24-26-28-30-33-35-39-43-47-51-55-63(72)69-60(61(71)54-50-46-42-38-12-10-8-6-4-2)59-78-68-67(76)66(75)65(74)62(58-70)79-68/h15,17,50,54,60-62,65-68,70-71,74-76H,3-14,16,18-49,51-53,55-59H2,1-2H3,(H,69,72)/b17-15-,54-50+. The molecule has 7 unspecified atom stereocenters. The minimum absolute atomic E-state index is 0.00969. The Kier molecular flexibility index (Phi) is 55.1. The number of amides is 1. The summed E-state index contributed by atoms with van der Waals surface area (Å²) in [5, 5.41) is 54.3. The topological polar surface area (TPSA) is 175 Å². The average Bonchev–Trinajstić information content (AvgIpc) is 3.49. The lowest BCUT2D eigenvalue weighted by Crippen LogP contribution is -2.60. The molecule has 11 heteroatoms. The van der Waals surface area contributed by atoms with E-state index in [-0.39, 0.29) is 18.5 Å². The predicted octanol–water partition coefficient (Wildman–Crippen LogP) is 16.8. The number of hydrogen-bond donors (Lipinski definition) is 6. The molecule has 1 heterocycles. The first-order chi connectivity index (χ1) is 38.7. The Morgan fingerprint density at radius 2 is 0.810 bits per heavy atom. The monoisotopic (exact) mass is 1120 g/mol. The molecule has 1 rings (SSSR count).